The number of piperazine rings is 1. The molecule has 1 fully saturated rings. The first kappa shape index (κ1) is 20.4. The van der Waals surface area contributed by atoms with Gasteiger partial charge >= 0.3 is 0 Å². The first-order valence-electron chi connectivity index (χ1n) is 10.7. The van der Waals surface area contributed by atoms with E-state index in [2.05, 4.69) is 69.6 Å². The number of rotatable bonds is 6. The molecule has 0 radical (unpaired) electrons. The maximum Gasteiger partial charge on any atom is 0.239 e. The van der Waals surface area contributed by atoms with Crippen LogP contribution in [0.2, 0.25) is 0 Å². The number of nitrogens with one attached hydrogen (secondary N) is 1. The van der Waals surface area contributed by atoms with Crippen LogP contribution in [0.25, 0.3) is 10.9 Å². The molecule has 0 bridgehead atoms. The second-order valence-electron chi connectivity index (χ2n) is 8.35. The fraction of sp³-hybridized carbons (Fsp3) is 0.417. The van der Waals surface area contributed by atoms with Gasteiger partial charge in [-0.05, 0) is 43.1 Å². The number of carbonyl (C=O) groups is 1. The molecule has 2 aromatic carbocycles. The van der Waals surface area contributed by atoms with Crippen LogP contribution >= 0.6 is 0 Å². The van der Waals surface area contributed by atoms with Crippen LogP contribution in [-0.4, -0.2) is 59.9 Å². The normalized spacial score (nSPS) is 18.5. The van der Waals surface area contributed by atoms with E-state index >= 15 is 0 Å². The summed E-state index contributed by atoms with van der Waals surface area (Å²) in [6.07, 6.45) is 2.82. The largest absolute Gasteiger partial charge is 0.368 e. The van der Waals surface area contributed by atoms with Crippen molar-refractivity contribution in [2.75, 3.05) is 38.1 Å². The monoisotopic (exact) mass is 405 g/mol. The lowest BCUT2D eigenvalue weighted by atomic mass is 9.98. The van der Waals surface area contributed by atoms with Crippen molar-refractivity contribution < 1.29 is 4.79 Å². The van der Waals surface area contributed by atoms with Crippen molar-refractivity contribution in [1.82, 2.24) is 20.0 Å². The molecule has 1 N–H and O–H groups in total. The van der Waals surface area contributed by atoms with Crippen LogP contribution in [0.4, 0.5) is 5.69 Å². The average Bonchev–Trinajstić information content (AvgIpc) is 3.14. The topological polar surface area (TPSA) is 53.4 Å². The summed E-state index contributed by atoms with van der Waals surface area (Å²) in [4.78, 5) is 17.4. The van der Waals surface area contributed by atoms with Crippen LogP contribution in [0.5, 0.6) is 0 Å². The van der Waals surface area contributed by atoms with Gasteiger partial charge in [0.05, 0.1) is 11.7 Å². The van der Waals surface area contributed by atoms with Gasteiger partial charge < -0.3 is 10.2 Å². The van der Waals surface area contributed by atoms with E-state index in [1.165, 1.54) is 5.56 Å². The van der Waals surface area contributed by atoms with E-state index in [1.54, 1.807) is 0 Å². The van der Waals surface area contributed by atoms with E-state index in [-0.39, 0.29) is 11.9 Å². The zero-order valence-electron chi connectivity index (χ0n) is 18.1. The number of anilines is 1. The Morgan fingerprint density at radius 3 is 2.77 bits per heavy atom. The SMILES string of the molecule is CC(CCNC(=O)C1CN(c2ccc3cnn(C)c3c2)CCN1C)c1ccccc1. The highest BCUT2D eigenvalue weighted by Crippen LogP contribution is 2.24. The fourth-order valence-electron chi connectivity index (χ4n) is 4.20. The molecule has 6 heteroatoms. The zero-order valence-corrected chi connectivity index (χ0v) is 18.1. The minimum absolute atomic E-state index is 0.115. The van der Waals surface area contributed by atoms with E-state index in [9.17, 15) is 4.79 Å². The van der Waals surface area contributed by atoms with Gasteiger partial charge in [-0.1, -0.05) is 37.3 Å². The van der Waals surface area contributed by atoms with Crippen LogP contribution in [0.15, 0.2) is 54.7 Å². The quantitative estimate of drug-likeness (QED) is 0.685. The lowest BCUT2D eigenvalue weighted by Gasteiger charge is -2.39. The molecule has 1 aliphatic rings. The molecule has 158 valence electrons. The van der Waals surface area contributed by atoms with Gasteiger partial charge in [0.1, 0.15) is 6.04 Å². The van der Waals surface area contributed by atoms with Crippen LogP contribution in [0.1, 0.15) is 24.8 Å². The number of aromatic nitrogens is 2. The van der Waals surface area contributed by atoms with Crippen molar-refractivity contribution in [1.29, 1.82) is 0 Å². The first-order chi connectivity index (χ1) is 14.5. The first-order valence-corrected chi connectivity index (χ1v) is 10.7. The van der Waals surface area contributed by atoms with Gasteiger partial charge in [-0.25, -0.2) is 0 Å². The maximum absolute atomic E-state index is 12.9. The minimum Gasteiger partial charge on any atom is -0.368 e. The van der Waals surface area contributed by atoms with Gasteiger partial charge in [0, 0.05) is 44.3 Å². The van der Waals surface area contributed by atoms with Gasteiger partial charge in [0.2, 0.25) is 5.91 Å². The van der Waals surface area contributed by atoms with Crippen LogP contribution in [0, 0.1) is 0 Å². The third-order valence-corrected chi connectivity index (χ3v) is 6.29. The number of fused-ring (bicyclic) bond motifs is 1. The summed E-state index contributed by atoms with van der Waals surface area (Å²) < 4.78 is 1.90. The van der Waals surface area contributed by atoms with Gasteiger partial charge in [-0.15, -0.1) is 0 Å². The second-order valence-corrected chi connectivity index (χ2v) is 8.35. The number of aryl methyl sites for hydroxylation is 1. The Kier molecular flexibility index (Phi) is 6.04. The molecule has 4 rings (SSSR count). The third kappa shape index (κ3) is 4.33. The van der Waals surface area contributed by atoms with Crippen LogP contribution < -0.4 is 10.2 Å². The molecule has 3 aromatic rings. The summed E-state index contributed by atoms with van der Waals surface area (Å²) >= 11 is 0. The Hall–Kier alpha value is -2.86. The van der Waals surface area contributed by atoms with Crippen molar-refractivity contribution in [2.45, 2.75) is 25.3 Å². The highest BCUT2D eigenvalue weighted by atomic mass is 16.2. The van der Waals surface area contributed by atoms with Crippen molar-refractivity contribution in [3.05, 3.63) is 60.3 Å². The summed E-state index contributed by atoms with van der Waals surface area (Å²) in [5.41, 5.74) is 3.58. The van der Waals surface area contributed by atoms with Crippen LogP contribution in [-0.2, 0) is 11.8 Å². The number of hydrogen-bond donors (Lipinski definition) is 1. The highest BCUT2D eigenvalue weighted by molar-refractivity contribution is 5.84. The van der Waals surface area contributed by atoms with E-state index in [0.29, 0.717) is 19.0 Å². The molecule has 2 unspecified atom stereocenters. The highest BCUT2D eigenvalue weighted by Gasteiger charge is 2.30. The molecule has 2 heterocycles. The second kappa shape index (κ2) is 8.88. The van der Waals surface area contributed by atoms with Crippen LogP contribution in [0.3, 0.4) is 0 Å². The lowest BCUT2D eigenvalue weighted by molar-refractivity contribution is -0.126. The zero-order chi connectivity index (χ0) is 21.1. The molecule has 2 atom stereocenters. The molecule has 1 saturated heterocycles. The number of amides is 1. The number of likely N-dealkylation sites (N-methyl/N-ethyl adjacent to an activating group) is 1. The summed E-state index contributed by atoms with van der Waals surface area (Å²) in [6.45, 7) is 5.38. The molecule has 6 nitrogen and oxygen atoms in total. The fourth-order valence-corrected chi connectivity index (χ4v) is 4.20. The molecule has 1 amide bonds. The standard InChI is InChI=1S/C24H31N5O/c1-18(19-7-5-4-6-8-19)11-12-25-24(30)23-17-29(14-13-27(23)2)21-10-9-20-16-26-28(3)22(20)15-21/h4-10,15-16,18,23H,11-14,17H2,1-3H3,(H,25,30). The minimum atomic E-state index is -0.145. The summed E-state index contributed by atoms with van der Waals surface area (Å²) in [7, 11) is 4.00. The smallest absolute Gasteiger partial charge is 0.239 e. The van der Waals surface area contributed by atoms with Gasteiger partial charge in [-0.3, -0.25) is 14.4 Å². The summed E-state index contributed by atoms with van der Waals surface area (Å²) in [5.74, 6) is 0.543. The summed E-state index contributed by atoms with van der Waals surface area (Å²) in [6, 6.07) is 16.7. The number of benzene rings is 2. The van der Waals surface area contributed by atoms with E-state index in [0.717, 1.165) is 36.1 Å². The van der Waals surface area contributed by atoms with Crippen molar-refractivity contribution in [3.8, 4) is 0 Å². The molecule has 0 spiro atoms. The number of nitrogens with zero attached hydrogens (tertiary/aromatic N) is 4. The average molecular weight is 406 g/mol. The molecule has 0 aliphatic carbocycles. The van der Waals surface area contributed by atoms with Gasteiger partial charge in [-0.2, -0.15) is 5.10 Å². The molecule has 30 heavy (non-hydrogen) atoms. The van der Waals surface area contributed by atoms with Crippen molar-refractivity contribution >= 4 is 22.5 Å². The Balaban J connectivity index is 1.36. The van der Waals surface area contributed by atoms with E-state index in [1.807, 2.05) is 31.0 Å². The third-order valence-electron chi connectivity index (χ3n) is 6.29. The van der Waals surface area contributed by atoms with E-state index < -0.39 is 0 Å². The molecular formula is C24H31N5O. The Morgan fingerprint density at radius 2 is 1.97 bits per heavy atom. The number of carbonyl (C=O) groups excluding carboxylic acids is 1. The Morgan fingerprint density at radius 1 is 1.17 bits per heavy atom. The lowest BCUT2D eigenvalue weighted by Crippen LogP contribution is -2.57. The number of hydrogen-bond acceptors (Lipinski definition) is 4. The molecule has 0 saturated carbocycles. The van der Waals surface area contributed by atoms with Crippen molar-refractivity contribution in [3.63, 3.8) is 0 Å². The Bertz CT molecular complexity index is 999. The molecule has 1 aliphatic heterocycles. The van der Waals surface area contributed by atoms with Gasteiger partial charge in [0.15, 0.2) is 0 Å². The predicted molar refractivity (Wildman–Crippen MR) is 122 cm³/mol. The maximum atomic E-state index is 12.9. The van der Waals surface area contributed by atoms with Gasteiger partial charge in [0.25, 0.3) is 0 Å². The summed E-state index contributed by atoms with van der Waals surface area (Å²) in [5, 5.41) is 8.64. The van der Waals surface area contributed by atoms with Crippen molar-refractivity contribution in [2.24, 2.45) is 7.05 Å². The molecule has 1 aromatic heterocycles. The Labute approximate surface area is 178 Å². The molecular weight excluding hydrogens is 374 g/mol. The predicted octanol–water partition coefficient (Wildman–Crippen LogP) is 3.00. The van der Waals surface area contributed by atoms with E-state index in [4.69, 9.17) is 0 Å².